The van der Waals surface area contributed by atoms with Crippen molar-refractivity contribution in [2.24, 2.45) is 17.8 Å². The SMILES string of the molecule is O=C[C@H]1C[C@H]1CC1CCCC1=O. The van der Waals surface area contributed by atoms with Gasteiger partial charge >= 0.3 is 0 Å². The van der Waals surface area contributed by atoms with Crippen molar-refractivity contribution in [1.82, 2.24) is 0 Å². The molecule has 66 valence electrons. The van der Waals surface area contributed by atoms with Gasteiger partial charge in [-0.15, -0.1) is 0 Å². The van der Waals surface area contributed by atoms with Crippen molar-refractivity contribution < 1.29 is 9.59 Å². The Morgan fingerprint density at radius 3 is 2.83 bits per heavy atom. The summed E-state index contributed by atoms with van der Waals surface area (Å²) in [7, 11) is 0. The maximum absolute atomic E-state index is 11.2. The minimum Gasteiger partial charge on any atom is -0.303 e. The van der Waals surface area contributed by atoms with Gasteiger partial charge in [0.25, 0.3) is 0 Å². The molecule has 0 aromatic heterocycles. The molecule has 0 spiro atoms. The van der Waals surface area contributed by atoms with E-state index in [1.165, 1.54) is 0 Å². The van der Waals surface area contributed by atoms with Crippen LogP contribution in [0.2, 0.25) is 0 Å². The van der Waals surface area contributed by atoms with Crippen molar-refractivity contribution >= 4 is 12.1 Å². The topological polar surface area (TPSA) is 34.1 Å². The van der Waals surface area contributed by atoms with Crippen molar-refractivity contribution in [1.29, 1.82) is 0 Å². The first-order chi connectivity index (χ1) is 5.81. The van der Waals surface area contributed by atoms with E-state index in [2.05, 4.69) is 0 Å². The molecule has 0 aliphatic heterocycles. The Balaban J connectivity index is 1.80. The van der Waals surface area contributed by atoms with Crippen LogP contribution in [0.25, 0.3) is 0 Å². The van der Waals surface area contributed by atoms with Crippen LogP contribution in [-0.4, -0.2) is 12.1 Å². The van der Waals surface area contributed by atoms with Gasteiger partial charge in [-0.3, -0.25) is 4.79 Å². The van der Waals surface area contributed by atoms with E-state index in [0.717, 1.165) is 38.4 Å². The van der Waals surface area contributed by atoms with E-state index in [9.17, 15) is 9.59 Å². The second kappa shape index (κ2) is 3.00. The summed E-state index contributed by atoms with van der Waals surface area (Å²) in [6.07, 6.45) is 5.99. The molecule has 2 heteroatoms. The molecular formula is C10H14O2. The van der Waals surface area contributed by atoms with Crippen molar-refractivity contribution in [3.63, 3.8) is 0 Å². The highest BCUT2D eigenvalue weighted by atomic mass is 16.1. The number of carbonyl (C=O) groups excluding carboxylic acids is 2. The quantitative estimate of drug-likeness (QED) is 0.596. The number of rotatable bonds is 3. The average molecular weight is 166 g/mol. The van der Waals surface area contributed by atoms with E-state index in [1.807, 2.05) is 0 Å². The Morgan fingerprint density at radius 2 is 2.33 bits per heavy atom. The average Bonchev–Trinajstić information content (AvgIpc) is 2.70. The second-order valence-electron chi connectivity index (χ2n) is 4.09. The molecule has 2 nitrogen and oxygen atoms in total. The summed E-state index contributed by atoms with van der Waals surface area (Å²) in [5, 5.41) is 0. The first-order valence-electron chi connectivity index (χ1n) is 4.79. The van der Waals surface area contributed by atoms with Crippen LogP contribution < -0.4 is 0 Å². The van der Waals surface area contributed by atoms with Gasteiger partial charge in [0.15, 0.2) is 0 Å². The van der Waals surface area contributed by atoms with Crippen LogP contribution in [0.5, 0.6) is 0 Å². The zero-order valence-electron chi connectivity index (χ0n) is 7.16. The van der Waals surface area contributed by atoms with Crippen LogP contribution in [0, 0.1) is 17.8 Å². The van der Waals surface area contributed by atoms with Gasteiger partial charge in [-0.2, -0.15) is 0 Å². The predicted octanol–water partition coefficient (Wildman–Crippen LogP) is 1.58. The summed E-state index contributed by atoms with van der Waals surface area (Å²) in [4.78, 5) is 21.6. The molecule has 1 unspecified atom stereocenters. The van der Waals surface area contributed by atoms with E-state index in [-0.39, 0.29) is 0 Å². The standard InChI is InChI=1S/C10H14O2/c11-6-9-5-8(9)4-7-2-1-3-10(7)12/h6-9H,1-5H2/t7?,8-,9-/m1/s1. The molecule has 2 aliphatic rings. The summed E-state index contributed by atoms with van der Waals surface area (Å²) in [5.74, 6) is 1.58. The third-order valence-electron chi connectivity index (χ3n) is 3.17. The highest BCUT2D eigenvalue weighted by Gasteiger charge is 2.40. The van der Waals surface area contributed by atoms with E-state index in [1.54, 1.807) is 0 Å². The van der Waals surface area contributed by atoms with Crippen molar-refractivity contribution in [3.05, 3.63) is 0 Å². The first kappa shape index (κ1) is 7.96. The number of Topliss-reactive ketones (excluding diaryl/α,β-unsaturated/α-hetero) is 1. The van der Waals surface area contributed by atoms with Crippen LogP contribution in [0.4, 0.5) is 0 Å². The summed E-state index contributed by atoms with van der Waals surface area (Å²) in [6.45, 7) is 0. The van der Waals surface area contributed by atoms with E-state index < -0.39 is 0 Å². The molecule has 0 heterocycles. The normalized spacial score (nSPS) is 40.0. The smallest absolute Gasteiger partial charge is 0.135 e. The summed E-state index contributed by atoms with van der Waals surface area (Å²) in [6, 6.07) is 0. The highest BCUT2D eigenvalue weighted by Crippen LogP contribution is 2.43. The number of hydrogen-bond donors (Lipinski definition) is 0. The molecule has 0 aromatic rings. The molecule has 2 saturated carbocycles. The molecule has 0 saturated heterocycles. The lowest BCUT2D eigenvalue weighted by molar-refractivity contribution is -0.121. The van der Waals surface area contributed by atoms with Crippen LogP contribution >= 0.6 is 0 Å². The van der Waals surface area contributed by atoms with Gasteiger partial charge in [-0.1, -0.05) is 0 Å². The Kier molecular flexibility index (Phi) is 1.99. The minimum atomic E-state index is 0.290. The van der Waals surface area contributed by atoms with E-state index >= 15 is 0 Å². The molecule has 2 rings (SSSR count). The third kappa shape index (κ3) is 1.43. The number of carbonyl (C=O) groups is 2. The molecule has 2 fully saturated rings. The van der Waals surface area contributed by atoms with Crippen molar-refractivity contribution in [2.75, 3.05) is 0 Å². The Labute approximate surface area is 72.3 Å². The maximum atomic E-state index is 11.2. The monoisotopic (exact) mass is 166 g/mol. The number of hydrogen-bond acceptors (Lipinski definition) is 2. The van der Waals surface area contributed by atoms with E-state index in [0.29, 0.717) is 23.5 Å². The fourth-order valence-corrected chi connectivity index (χ4v) is 2.21. The van der Waals surface area contributed by atoms with Gasteiger partial charge < -0.3 is 4.79 Å². The summed E-state index contributed by atoms with van der Waals surface area (Å²) in [5.41, 5.74) is 0. The summed E-state index contributed by atoms with van der Waals surface area (Å²) < 4.78 is 0. The minimum absolute atomic E-state index is 0.290. The lowest BCUT2D eigenvalue weighted by atomic mass is 9.99. The van der Waals surface area contributed by atoms with Crippen LogP contribution in [-0.2, 0) is 9.59 Å². The molecule has 0 bridgehead atoms. The van der Waals surface area contributed by atoms with Gasteiger partial charge in [0.1, 0.15) is 12.1 Å². The molecule has 0 aromatic carbocycles. The molecule has 0 radical (unpaired) electrons. The number of ketones is 1. The maximum Gasteiger partial charge on any atom is 0.135 e. The van der Waals surface area contributed by atoms with Crippen LogP contribution in [0.15, 0.2) is 0 Å². The zero-order chi connectivity index (χ0) is 8.55. The molecular weight excluding hydrogens is 152 g/mol. The summed E-state index contributed by atoms with van der Waals surface area (Å²) >= 11 is 0. The van der Waals surface area contributed by atoms with Crippen LogP contribution in [0.1, 0.15) is 32.1 Å². The zero-order valence-corrected chi connectivity index (χ0v) is 7.16. The Bertz CT molecular complexity index is 210. The first-order valence-corrected chi connectivity index (χ1v) is 4.79. The molecule has 0 N–H and O–H groups in total. The van der Waals surface area contributed by atoms with Gasteiger partial charge in [-0.25, -0.2) is 0 Å². The Hall–Kier alpha value is -0.660. The molecule has 2 aliphatic carbocycles. The van der Waals surface area contributed by atoms with Crippen molar-refractivity contribution in [2.45, 2.75) is 32.1 Å². The van der Waals surface area contributed by atoms with Gasteiger partial charge in [0, 0.05) is 18.3 Å². The van der Waals surface area contributed by atoms with Gasteiger partial charge in [0.2, 0.25) is 0 Å². The second-order valence-corrected chi connectivity index (χ2v) is 4.09. The molecule has 3 atom stereocenters. The van der Waals surface area contributed by atoms with Gasteiger partial charge in [0.05, 0.1) is 0 Å². The lowest BCUT2D eigenvalue weighted by Gasteiger charge is -2.04. The fourth-order valence-electron chi connectivity index (χ4n) is 2.21. The highest BCUT2D eigenvalue weighted by molar-refractivity contribution is 5.82. The predicted molar refractivity (Wildman–Crippen MR) is 44.6 cm³/mol. The molecule has 12 heavy (non-hydrogen) atoms. The fraction of sp³-hybridized carbons (Fsp3) is 0.800. The van der Waals surface area contributed by atoms with Crippen molar-refractivity contribution in [3.8, 4) is 0 Å². The largest absolute Gasteiger partial charge is 0.303 e. The number of aldehydes is 1. The lowest BCUT2D eigenvalue weighted by Crippen LogP contribution is -2.07. The van der Waals surface area contributed by atoms with Gasteiger partial charge in [-0.05, 0) is 31.6 Å². The third-order valence-corrected chi connectivity index (χ3v) is 3.17. The van der Waals surface area contributed by atoms with Crippen LogP contribution in [0.3, 0.4) is 0 Å². The Morgan fingerprint density at radius 1 is 1.50 bits per heavy atom. The molecule has 0 amide bonds. The van der Waals surface area contributed by atoms with E-state index in [4.69, 9.17) is 0 Å².